The summed E-state index contributed by atoms with van der Waals surface area (Å²) < 4.78 is 12.5. The second-order valence-corrected chi connectivity index (χ2v) is 7.28. The zero-order valence-corrected chi connectivity index (χ0v) is 18.3. The highest BCUT2D eigenvalue weighted by atomic mass is 32.1. The summed E-state index contributed by atoms with van der Waals surface area (Å²) in [5.41, 5.74) is 4.05. The lowest BCUT2D eigenvalue weighted by molar-refractivity contribution is -0.576. The van der Waals surface area contributed by atoms with E-state index < -0.39 is 0 Å². The standard InChI is InChI=1S/C24H24N2O3S/c1-16-7-10-19(11-8-16)25-24(30)22(26-13-5-6-17(2)15-26)23(27)18-9-12-20(28-3)21(14-18)29-4/h5-15H,1-4H3,(H-,25,27,30)/p+1. The minimum absolute atomic E-state index is 0.0242. The van der Waals surface area contributed by atoms with Gasteiger partial charge in [0.15, 0.2) is 34.6 Å². The molecule has 2 aromatic carbocycles. The van der Waals surface area contributed by atoms with E-state index in [1.807, 2.05) is 67.2 Å². The number of aliphatic hydroxyl groups excluding tert-OH is 1. The number of pyridine rings is 1. The van der Waals surface area contributed by atoms with Gasteiger partial charge in [-0.05, 0) is 50.2 Å². The Morgan fingerprint density at radius 1 is 0.933 bits per heavy atom. The quantitative estimate of drug-likeness (QED) is 0.256. The van der Waals surface area contributed by atoms with E-state index in [1.165, 1.54) is 0 Å². The summed E-state index contributed by atoms with van der Waals surface area (Å²) in [6, 6.07) is 17.0. The number of benzene rings is 2. The smallest absolute Gasteiger partial charge is 0.288 e. The molecule has 0 radical (unpaired) electrons. The van der Waals surface area contributed by atoms with E-state index in [1.54, 1.807) is 32.4 Å². The average Bonchev–Trinajstić information content (AvgIpc) is 2.75. The second-order valence-electron chi connectivity index (χ2n) is 6.88. The molecule has 0 fully saturated rings. The van der Waals surface area contributed by atoms with Gasteiger partial charge in [-0.15, -0.1) is 0 Å². The van der Waals surface area contributed by atoms with Gasteiger partial charge in [0.2, 0.25) is 0 Å². The van der Waals surface area contributed by atoms with Crippen LogP contribution in [0.1, 0.15) is 16.7 Å². The highest BCUT2D eigenvalue weighted by molar-refractivity contribution is 7.81. The zero-order chi connectivity index (χ0) is 21.7. The molecule has 2 N–H and O–H groups in total. The van der Waals surface area contributed by atoms with Crippen LogP contribution in [-0.2, 0) is 0 Å². The molecule has 154 valence electrons. The maximum Gasteiger partial charge on any atom is 0.288 e. The van der Waals surface area contributed by atoms with Gasteiger partial charge in [-0.3, -0.25) is 0 Å². The van der Waals surface area contributed by atoms with Gasteiger partial charge in [-0.2, -0.15) is 4.57 Å². The third-order valence-corrected chi connectivity index (χ3v) is 4.91. The fraction of sp³-hybridized carbons (Fsp3) is 0.167. The Kier molecular flexibility index (Phi) is 6.69. The van der Waals surface area contributed by atoms with Crippen LogP contribution in [0, 0.1) is 13.8 Å². The number of anilines is 1. The van der Waals surface area contributed by atoms with E-state index in [0.29, 0.717) is 27.7 Å². The number of aromatic nitrogens is 1. The minimum Gasteiger partial charge on any atom is -0.502 e. The number of aryl methyl sites for hydroxylation is 2. The van der Waals surface area contributed by atoms with Crippen LogP contribution in [0.2, 0.25) is 0 Å². The molecule has 0 atom stereocenters. The lowest BCUT2D eigenvalue weighted by atomic mass is 10.1. The van der Waals surface area contributed by atoms with Crippen molar-refractivity contribution < 1.29 is 19.1 Å². The molecule has 1 aromatic heterocycles. The van der Waals surface area contributed by atoms with Crippen molar-refractivity contribution in [2.75, 3.05) is 19.5 Å². The molecule has 6 heteroatoms. The third kappa shape index (κ3) is 4.78. The summed E-state index contributed by atoms with van der Waals surface area (Å²) in [5.74, 6) is 1.13. The summed E-state index contributed by atoms with van der Waals surface area (Å²) >= 11 is 5.70. The fourth-order valence-corrected chi connectivity index (χ4v) is 3.35. The monoisotopic (exact) mass is 421 g/mol. The van der Waals surface area contributed by atoms with Crippen molar-refractivity contribution in [3.05, 3.63) is 83.7 Å². The molecular weight excluding hydrogens is 396 g/mol. The molecule has 0 aliphatic heterocycles. The number of hydrogen-bond acceptors (Lipinski definition) is 4. The molecule has 0 bridgehead atoms. The van der Waals surface area contributed by atoms with Crippen molar-refractivity contribution in [1.29, 1.82) is 0 Å². The van der Waals surface area contributed by atoms with E-state index in [-0.39, 0.29) is 5.76 Å². The Morgan fingerprint density at radius 3 is 2.27 bits per heavy atom. The number of ether oxygens (including phenoxy) is 2. The van der Waals surface area contributed by atoms with Crippen molar-refractivity contribution in [3.63, 3.8) is 0 Å². The summed E-state index contributed by atoms with van der Waals surface area (Å²) in [7, 11) is 3.13. The van der Waals surface area contributed by atoms with Crippen molar-refractivity contribution in [3.8, 4) is 11.5 Å². The Hall–Kier alpha value is -3.38. The molecule has 0 spiro atoms. The largest absolute Gasteiger partial charge is 0.502 e. The molecule has 3 rings (SSSR count). The second kappa shape index (κ2) is 9.41. The molecule has 0 amide bonds. The average molecular weight is 422 g/mol. The number of aliphatic hydroxyl groups is 1. The number of nitrogens with zero attached hydrogens (tertiary/aromatic N) is 1. The van der Waals surface area contributed by atoms with Crippen LogP contribution in [0.15, 0.2) is 67.0 Å². The number of methoxy groups -OCH3 is 2. The SMILES string of the molecule is COc1ccc(/C(O)=C(\C(=S)Nc2ccc(C)cc2)[n+]2cccc(C)c2)cc1OC. The Bertz CT molecular complexity index is 1090. The number of hydrogen-bond donors (Lipinski definition) is 2. The van der Waals surface area contributed by atoms with Crippen LogP contribution in [-0.4, -0.2) is 24.3 Å². The zero-order valence-electron chi connectivity index (χ0n) is 17.5. The van der Waals surface area contributed by atoms with Gasteiger partial charge in [0.1, 0.15) is 0 Å². The molecule has 30 heavy (non-hydrogen) atoms. The van der Waals surface area contributed by atoms with Crippen LogP contribution in [0.25, 0.3) is 11.5 Å². The number of nitrogens with one attached hydrogen (secondary N) is 1. The third-order valence-electron chi connectivity index (χ3n) is 4.61. The molecular formula is C24H25N2O3S+. The van der Waals surface area contributed by atoms with E-state index in [4.69, 9.17) is 21.7 Å². The van der Waals surface area contributed by atoms with Gasteiger partial charge in [0, 0.05) is 22.9 Å². The molecule has 3 aromatic rings. The lowest BCUT2D eigenvalue weighted by Crippen LogP contribution is -2.38. The lowest BCUT2D eigenvalue weighted by Gasteiger charge is -2.12. The maximum absolute atomic E-state index is 11.2. The van der Waals surface area contributed by atoms with Gasteiger partial charge < -0.3 is 19.9 Å². The van der Waals surface area contributed by atoms with Crippen molar-refractivity contribution in [2.24, 2.45) is 0 Å². The Morgan fingerprint density at radius 2 is 1.63 bits per heavy atom. The van der Waals surface area contributed by atoms with Gasteiger partial charge in [-0.25, -0.2) is 0 Å². The van der Waals surface area contributed by atoms with E-state index in [9.17, 15) is 5.11 Å². The van der Waals surface area contributed by atoms with Crippen LogP contribution < -0.4 is 19.4 Å². The summed E-state index contributed by atoms with van der Waals surface area (Å²) in [6.07, 6.45) is 3.76. The van der Waals surface area contributed by atoms with Crippen molar-refractivity contribution in [2.45, 2.75) is 13.8 Å². The first kappa shape index (κ1) is 21.3. The van der Waals surface area contributed by atoms with Gasteiger partial charge in [-0.1, -0.05) is 29.9 Å². The molecule has 5 nitrogen and oxygen atoms in total. The summed E-state index contributed by atoms with van der Waals surface area (Å²) in [6.45, 7) is 4.01. The van der Waals surface area contributed by atoms with Gasteiger partial charge >= 0.3 is 0 Å². The topological polar surface area (TPSA) is 54.6 Å². The van der Waals surface area contributed by atoms with Gasteiger partial charge in [0.25, 0.3) is 5.70 Å². The first-order chi connectivity index (χ1) is 14.4. The Balaban J connectivity index is 2.10. The first-order valence-electron chi connectivity index (χ1n) is 9.45. The van der Waals surface area contributed by atoms with Crippen LogP contribution in [0.3, 0.4) is 0 Å². The van der Waals surface area contributed by atoms with E-state index in [0.717, 1.165) is 16.8 Å². The summed E-state index contributed by atoms with van der Waals surface area (Å²) in [4.78, 5) is 0.390. The highest BCUT2D eigenvalue weighted by Crippen LogP contribution is 2.31. The molecule has 0 unspecified atom stereocenters. The predicted molar refractivity (Wildman–Crippen MR) is 124 cm³/mol. The summed E-state index contributed by atoms with van der Waals surface area (Å²) in [5, 5.41) is 14.5. The number of thiocarbonyl (C=S) groups is 1. The van der Waals surface area contributed by atoms with Crippen LogP contribution >= 0.6 is 12.2 Å². The fourth-order valence-electron chi connectivity index (χ4n) is 3.03. The molecule has 0 aliphatic rings. The maximum atomic E-state index is 11.2. The van der Waals surface area contributed by atoms with Crippen molar-refractivity contribution >= 4 is 34.3 Å². The van der Waals surface area contributed by atoms with Gasteiger partial charge in [0.05, 0.1) is 14.2 Å². The normalized spacial score (nSPS) is 11.5. The van der Waals surface area contributed by atoms with Crippen LogP contribution in [0.5, 0.6) is 11.5 Å². The Labute approximate surface area is 182 Å². The molecule has 1 heterocycles. The van der Waals surface area contributed by atoms with Crippen molar-refractivity contribution in [1.82, 2.24) is 0 Å². The minimum atomic E-state index is 0.0242. The van der Waals surface area contributed by atoms with E-state index >= 15 is 0 Å². The molecule has 0 aliphatic carbocycles. The number of rotatable bonds is 6. The molecule has 0 saturated heterocycles. The first-order valence-corrected chi connectivity index (χ1v) is 9.85. The predicted octanol–water partition coefficient (Wildman–Crippen LogP) is 4.93. The molecule has 0 saturated carbocycles. The van der Waals surface area contributed by atoms with Crippen LogP contribution in [0.4, 0.5) is 5.69 Å². The highest BCUT2D eigenvalue weighted by Gasteiger charge is 2.25. The van der Waals surface area contributed by atoms with E-state index in [2.05, 4.69) is 5.32 Å².